The van der Waals surface area contributed by atoms with E-state index in [4.69, 9.17) is 12.6 Å². The molecule has 6 heteroatoms. The molecule has 0 aliphatic heterocycles. The Morgan fingerprint density at radius 3 is 2.88 bits per heavy atom. The summed E-state index contributed by atoms with van der Waals surface area (Å²) in [5.74, 6) is 0.513. The molecule has 2 aromatic rings. The second kappa shape index (κ2) is 4.41. The molecule has 0 atom stereocenters. The van der Waals surface area contributed by atoms with Gasteiger partial charge in [0, 0.05) is 17.5 Å². The molecule has 0 aliphatic carbocycles. The van der Waals surface area contributed by atoms with Crippen molar-refractivity contribution in [1.29, 1.82) is 0 Å². The van der Waals surface area contributed by atoms with Crippen LogP contribution in [0.2, 0.25) is 0 Å². The van der Waals surface area contributed by atoms with Crippen LogP contribution in [0.25, 0.3) is 10.9 Å². The summed E-state index contributed by atoms with van der Waals surface area (Å²) in [6.45, 7) is 2.29. The fourth-order valence-electron chi connectivity index (χ4n) is 1.59. The van der Waals surface area contributed by atoms with E-state index in [1.807, 2.05) is 6.92 Å². The number of hydrogen-bond donors (Lipinski definition) is 0. The standard InChI is InChI=1S/C11H9BN2O3/c1-2-17-10-6-11(12)13-9-4-3-7(14(15)16)5-8(9)10/h3-6H,2H2,1H3. The Morgan fingerprint density at radius 2 is 2.24 bits per heavy atom. The highest BCUT2D eigenvalue weighted by molar-refractivity contribution is 6.31. The van der Waals surface area contributed by atoms with E-state index in [2.05, 4.69) is 4.98 Å². The van der Waals surface area contributed by atoms with Gasteiger partial charge >= 0.3 is 0 Å². The summed E-state index contributed by atoms with van der Waals surface area (Å²) in [5.41, 5.74) is 0.916. The van der Waals surface area contributed by atoms with Crippen LogP contribution in [0.5, 0.6) is 5.75 Å². The molecule has 0 spiro atoms. The zero-order chi connectivity index (χ0) is 12.4. The van der Waals surface area contributed by atoms with Crippen molar-refractivity contribution in [3.8, 4) is 5.75 Å². The van der Waals surface area contributed by atoms with E-state index >= 15 is 0 Å². The van der Waals surface area contributed by atoms with Crippen LogP contribution in [0, 0.1) is 10.1 Å². The van der Waals surface area contributed by atoms with Crippen molar-refractivity contribution < 1.29 is 9.66 Å². The van der Waals surface area contributed by atoms with Crippen LogP contribution in [0.1, 0.15) is 6.92 Å². The largest absolute Gasteiger partial charge is 0.493 e. The van der Waals surface area contributed by atoms with Crippen LogP contribution in [-0.4, -0.2) is 24.4 Å². The molecule has 17 heavy (non-hydrogen) atoms. The lowest BCUT2D eigenvalue weighted by molar-refractivity contribution is -0.384. The molecule has 1 heterocycles. The fraction of sp³-hybridized carbons (Fsp3) is 0.182. The summed E-state index contributed by atoms with van der Waals surface area (Å²) in [5, 5.41) is 11.3. The van der Waals surface area contributed by atoms with Gasteiger partial charge in [0.15, 0.2) is 0 Å². The smallest absolute Gasteiger partial charge is 0.270 e. The van der Waals surface area contributed by atoms with Crippen LogP contribution in [0.4, 0.5) is 5.69 Å². The third kappa shape index (κ3) is 2.20. The molecule has 0 saturated heterocycles. The monoisotopic (exact) mass is 228 g/mol. The Labute approximate surface area is 99.0 Å². The molecule has 0 aliphatic rings. The zero-order valence-corrected chi connectivity index (χ0v) is 9.21. The maximum atomic E-state index is 10.7. The number of non-ortho nitro benzene ring substituents is 1. The molecule has 0 bridgehead atoms. The molecule has 0 unspecified atom stereocenters. The minimum absolute atomic E-state index is 0.00465. The predicted molar refractivity (Wildman–Crippen MR) is 65.0 cm³/mol. The van der Waals surface area contributed by atoms with E-state index in [9.17, 15) is 10.1 Å². The number of pyridine rings is 1. The minimum Gasteiger partial charge on any atom is -0.493 e. The Bertz CT molecular complexity index is 586. The first-order chi connectivity index (χ1) is 8.11. The lowest BCUT2D eigenvalue weighted by Gasteiger charge is -2.08. The number of fused-ring (bicyclic) bond motifs is 1. The number of aromatic nitrogens is 1. The van der Waals surface area contributed by atoms with Gasteiger partial charge in [-0.05, 0) is 24.6 Å². The number of nitrogens with zero attached hydrogens (tertiary/aromatic N) is 2. The van der Waals surface area contributed by atoms with E-state index in [1.165, 1.54) is 12.1 Å². The number of nitro benzene ring substituents is 1. The van der Waals surface area contributed by atoms with Crippen LogP contribution in [0.15, 0.2) is 24.3 Å². The maximum Gasteiger partial charge on any atom is 0.270 e. The summed E-state index contributed by atoms with van der Waals surface area (Å²) in [4.78, 5) is 14.3. The highest BCUT2D eigenvalue weighted by Gasteiger charge is 2.11. The molecule has 1 aromatic heterocycles. The Hall–Kier alpha value is -2.11. The molecular weight excluding hydrogens is 219 g/mol. The average molecular weight is 228 g/mol. The molecule has 0 amide bonds. The Morgan fingerprint density at radius 1 is 1.47 bits per heavy atom. The van der Waals surface area contributed by atoms with Crippen molar-refractivity contribution in [2.75, 3.05) is 6.61 Å². The van der Waals surface area contributed by atoms with Crippen LogP contribution in [-0.2, 0) is 0 Å². The minimum atomic E-state index is -0.453. The van der Waals surface area contributed by atoms with E-state index in [0.717, 1.165) is 0 Å². The van der Waals surface area contributed by atoms with E-state index < -0.39 is 4.92 Å². The van der Waals surface area contributed by atoms with Gasteiger partial charge in [-0.25, -0.2) is 0 Å². The topological polar surface area (TPSA) is 65.3 Å². The molecule has 2 radical (unpaired) electrons. The van der Waals surface area contributed by atoms with Gasteiger partial charge in [-0.2, -0.15) is 0 Å². The molecular formula is C11H9BN2O3. The average Bonchev–Trinajstić information content (AvgIpc) is 2.28. The predicted octanol–water partition coefficient (Wildman–Crippen LogP) is 1.34. The van der Waals surface area contributed by atoms with Gasteiger partial charge in [-0.15, -0.1) is 0 Å². The van der Waals surface area contributed by atoms with E-state index in [-0.39, 0.29) is 5.69 Å². The third-order valence-corrected chi connectivity index (χ3v) is 2.28. The summed E-state index contributed by atoms with van der Waals surface area (Å²) in [6.07, 6.45) is 0. The zero-order valence-electron chi connectivity index (χ0n) is 9.21. The fourth-order valence-corrected chi connectivity index (χ4v) is 1.59. The Kier molecular flexibility index (Phi) is 2.95. The molecule has 84 valence electrons. The van der Waals surface area contributed by atoms with Gasteiger partial charge in [0.2, 0.25) is 0 Å². The van der Waals surface area contributed by atoms with Crippen molar-refractivity contribution in [1.82, 2.24) is 4.98 Å². The number of benzene rings is 1. The number of nitro groups is 1. The normalized spacial score (nSPS) is 10.4. The lowest BCUT2D eigenvalue weighted by Crippen LogP contribution is -2.09. The summed E-state index contributed by atoms with van der Waals surface area (Å²) in [6, 6.07) is 5.96. The molecule has 1 aromatic carbocycles. The highest BCUT2D eigenvalue weighted by atomic mass is 16.6. The van der Waals surface area contributed by atoms with Gasteiger partial charge in [-0.1, -0.05) is 0 Å². The SMILES string of the molecule is [B]c1cc(OCC)c2cc([N+](=O)[O-])ccc2n1. The second-order valence-electron chi connectivity index (χ2n) is 3.44. The van der Waals surface area contributed by atoms with Gasteiger partial charge in [0.05, 0.1) is 17.0 Å². The van der Waals surface area contributed by atoms with Crippen molar-refractivity contribution in [2.45, 2.75) is 6.92 Å². The molecule has 0 saturated carbocycles. The molecule has 2 rings (SSSR count). The lowest BCUT2D eigenvalue weighted by atomic mass is 10.0. The number of rotatable bonds is 3. The second-order valence-corrected chi connectivity index (χ2v) is 3.44. The molecule has 0 fully saturated rings. The van der Waals surface area contributed by atoms with Crippen LogP contribution < -0.4 is 10.3 Å². The third-order valence-electron chi connectivity index (χ3n) is 2.28. The van der Waals surface area contributed by atoms with Crippen molar-refractivity contribution in [2.24, 2.45) is 0 Å². The van der Waals surface area contributed by atoms with Crippen molar-refractivity contribution in [3.63, 3.8) is 0 Å². The van der Waals surface area contributed by atoms with Crippen LogP contribution >= 0.6 is 0 Å². The first kappa shape index (κ1) is 11.4. The summed E-state index contributed by atoms with van der Waals surface area (Å²) in [7, 11) is 5.63. The van der Waals surface area contributed by atoms with Gasteiger partial charge < -0.3 is 4.74 Å². The van der Waals surface area contributed by atoms with Gasteiger partial charge in [0.25, 0.3) is 5.69 Å². The van der Waals surface area contributed by atoms with Crippen molar-refractivity contribution in [3.05, 3.63) is 34.4 Å². The summed E-state index contributed by atoms with van der Waals surface area (Å²) < 4.78 is 5.39. The molecule has 5 nitrogen and oxygen atoms in total. The Balaban J connectivity index is 2.68. The first-order valence-corrected chi connectivity index (χ1v) is 5.09. The van der Waals surface area contributed by atoms with Gasteiger partial charge in [0.1, 0.15) is 13.6 Å². The van der Waals surface area contributed by atoms with Crippen molar-refractivity contribution >= 4 is 30.0 Å². The van der Waals surface area contributed by atoms with Crippen LogP contribution in [0.3, 0.4) is 0 Å². The summed E-state index contributed by atoms with van der Waals surface area (Å²) >= 11 is 0. The maximum absolute atomic E-state index is 10.7. The van der Waals surface area contributed by atoms with E-state index in [1.54, 1.807) is 12.1 Å². The number of hydrogen-bond acceptors (Lipinski definition) is 4. The number of ether oxygens (including phenoxy) is 1. The molecule has 0 N–H and O–H groups in total. The van der Waals surface area contributed by atoms with E-state index in [0.29, 0.717) is 28.9 Å². The highest BCUT2D eigenvalue weighted by Crippen LogP contribution is 2.26. The van der Waals surface area contributed by atoms with Gasteiger partial charge in [-0.3, -0.25) is 15.1 Å². The quantitative estimate of drug-likeness (QED) is 0.451. The first-order valence-electron chi connectivity index (χ1n) is 5.09.